The molecule has 146 valence electrons. The third kappa shape index (κ3) is 4.72. The molecule has 1 aromatic carbocycles. The number of hydrogen-bond acceptors (Lipinski definition) is 6. The SMILES string of the molecule is Cc1ccc(NC(=O)CSc2nnc(-c3ccncc3)n2Cc2ccco2)cc1. The molecular formula is C21H19N5O2S. The molecule has 0 saturated heterocycles. The van der Waals surface area contributed by atoms with E-state index < -0.39 is 0 Å². The average molecular weight is 405 g/mol. The molecule has 8 heteroatoms. The molecule has 7 nitrogen and oxygen atoms in total. The predicted molar refractivity (Wildman–Crippen MR) is 112 cm³/mol. The van der Waals surface area contributed by atoms with Crippen LogP contribution in [-0.4, -0.2) is 31.4 Å². The van der Waals surface area contributed by atoms with E-state index in [1.807, 2.05) is 60.0 Å². The number of anilines is 1. The fourth-order valence-electron chi connectivity index (χ4n) is 2.77. The van der Waals surface area contributed by atoms with Crippen LogP contribution < -0.4 is 5.32 Å². The van der Waals surface area contributed by atoms with E-state index in [1.54, 1.807) is 18.7 Å². The summed E-state index contributed by atoms with van der Waals surface area (Å²) < 4.78 is 7.43. The number of pyridine rings is 1. The van der Waals surface area contributed by atoms with Gasteiger partial charge in [0.05, 0.1) is 18.6 Å². The van der Waals surface area contributed by atoms with Gasteiger partial charge >= 0.3 is 0 Å². The van der Waals surface area contributed by atoms with Crippen molar-refractivity contribution < 1.29 is 9.21 Å². The Morgan fingerprint density at radius 3 is 2.62 bits per heavy atom. The number of hydrogen-bond donors (Lipinski definition) is 1. The molecule has 4 aromatic rings. The van der Waals surface area contributed by atoms with Crippen molar-refractivity contribution >= 4 is 23.4 Å². The highest BCUT2D eigenvalue weighted by Crippen LogP contribution is 2.25. The van der Waals surface area contributed by atoms with E-state index >= 15 is 0 Å². The van der Waals surface area contributed by atoms with Crippen molar-refractivity contribution in [2.24, 2.45) is 0 Å². The second-order valence-corrected chi connectivity index (χ2v) is 7.35. The highest BCUT2D eigenvalue weighted by molar-refractivity contribution is 7.99. The van der Waals surface area contributed by atoms with Crippen LogP contribution >= 0.6 is 11.8 Å². The third-order valence-corrected chi connectivity index (χ3v) is 5.18. The predicted octanol–water partition coefficient (Wildman–Crippen LogP) is 4.02. The average Bonchev–Trinajstić information content (AvgIpc) is 3.39. The van der Waals surface area contributed by atoms with Crippen LogP contribution in [0.4, 0.5) is 5.69 Å². The van der Waals surface area contributed by atoms with Gasteiger partial charge in [-0.05, 0) is 43.3 Å². The smallest absolute Gasteiger partial charge is 0.234 e. The highest BCUT2D eigenvalue weighted by Gasteiger charge is 2.17. The third-order valence-electron chi connectivity index (χ3n) is 4.22. The summed E-state index contributed by atoms with van der Waals surface area (Å²) in [5.41, 5.74) is 2.82. The van der Waals surface area contributed by atoms with Gasteiger partial charge in [-0.1, -0.05) is 29.5 Å². The van der Waals surface area contributed by atoms with Crippen LogP contribution in [0.5, 0.6) is 0 Å². The quantitative estimate of drug-likeness (QED) is 0.468. The van der Waals surface area contributed by atoms with E-state index in [-0.39, 0.29) is 11.7 Å². The van der Waals surface area contributed by atoms with E-state index in [4.69, 9.17) is 4.42 Å². The number of nitrogens with one attached hydrogen (secondary N) is 1. The Kier molecular flexibility index (Phi) is 5.71. The largest absolute Gasteiger partial charge is 0.467 e. The van der Waals surface area contributed by atoms with Crippen LogP contribution in [0.3, 0.4) is 0 Å². The van der Waals surface area contributed by atoms with Gasteiger partial charge in [0.15, 0.2) is 11.0 Å². The summed E-state index contributed by atoms with van der Waals surface area (Å²) in [5, 5.41) is 12.2. The van der Waals surface area contributed by atoms with Crippen LogP contribution in [0, 0.1) is 6.92 Å². The van der Waals surface area contributed by atoms with Gasteiger partial charge in [-0.15, -0.1) is 10.2 Å². The summed E-state index contributed by atoms with van der Waals surface area (Å²) in [4.78, 5) is 16.4. The maximum atomic E-state index is 12.4. The van der Waals surface area contributed by atoms with Gasteiger partial charge in [-0.25, -0.2) is 0 Å². The lowest BCUT2D eigenvalue weighted by Gasteiger charge is -2.09. The summed E-state index contributed by atoms with van der Waals surface area (Å²) in [5.74, 6) is 1.61. The molecule has 0 spiro atoms. The number of nitrogens with zero attached hydrogens (tertiary/aromatic N) is 4. The zero-order valence-corrected chi connectivity index (χ0v) is 16.6. The summed E-state index contributed by atoms with van der Waals surface area (Å²) in [6.07, 6.45) is 5.06. The van der Waals surface area contributed by atoms with Crippen molar-refractivity contribution in [1.82, 2.24) is 19.7 Å². The second-order valence-electron chi connectivity index (χ2n) is 6.41. The molecule has 29 heavy (non-hydrogen) atoms. The van der Waals surface area contributed by atoms with Gasteiger partial charge in [0.2, 0.25) is 5.91 Å². The van der Waals surface area contributed by atoms with E-state index in [9.17, 15) is 4.79 Å². The minimum atomic E-state index is -0.100. The lowest BCUT2D eigenvalue weighted by Crippen LogP contribution is -2.14. The normalized spacial score (nSPS) is 10.8. The summed E-state index contributed by atoms with van der Waals surface area (Å²) in [6, 6.07) is 15.2. The number of aromatic nitrogens is 4. The molecule has 1 N–H and O–H groups in total. The van der Waals surface area contributed by atoms with E-state index in [0.717, 1.165) is 22.6 Å². The molecule has 3 aromatic heterocycles. The topological polar surface area (TPSA) is 85.8 Å². The molecule has 1 amide bonds. The number of furan rings is 1. The molecule has 0 atom stereocenters. The van der Waals surface area contributed by atoms with Gasteiger partial charge in [0, 0.05) is 23.6 Å². The van der Waals surface area contributed by atoms with Crippen molar-refractivity contribution in [3.63, 3.8) is 0 Å². The van der Waals surface area contributed by atoms with Crippen molar-refractivity contribution in [3.8, 4) is 11.4 Å². The molecular weight excluding hydrogens is 386 g/mol. The number of rotatable bonds is 7. The Balaban J connectivity index is 1.51. The van der Waals surface area contributed by atoms with Gasteiger partial charge in [0.25, 0.3) is 0 Å². The molecule has 0 aliphatic rings. The van der Waals surface area contributed by atoms with Gasteiger partial charge in [0.1, 0.15) is 5.76 Å². The number of thioether (sulfide) groups is 1. The Bertz CT molecular complexity index is 1080. The van der Waals surface area contributed by atoms with Crippen LogP contribution in [0.15, 0.2) is 76.8 Å². The summed E-state index contributed by atoms with van der Waals surface area (Å²) in [6.45, 7) is 2.48. The maximum absolute atomic E-state index is 12.4. The fourth-order valence-corrected chi connectivity index (χ4v) is 3.51. The second kappa shape index (κ2) is 8.74. The molecule has 0 bridgehead atoms. The molecule has 0 aliphatic heterocycles. The standard InChI is InChI=1S/C21H19N5O2S/c1-15-4-6-17(7-5-15)23-19(27)14-29-21-25-24-20(16-8-10-22-11-9-16)26(21)13-18-3-2-12-28-18/h2-12H,13-14H2,1H3,(H,23,27). The van der Waals surface area contributed by atoms with Crippen LogP contribution in [0.1, 0.15) is 11.3 Å². The lowest BCUT2D eigenvalue weighted by molar-refractivity contribution is -0.113. The maximum Gasteiger partial charge on any atom is 0.234 e. The van der Waals surface area contributed by atoms with Crippen LogP contribution in [-0.2, 0) is 11.3 Å². The molecule has 0 fully saturated rings. The van der Waals surface area contributed by atoms with E-state index in [0.29, 0.717) is 17.5 Å². The zero-order chi connectivity index (χ0) is 20.1. The number of benzene rings is 1. The minimum Gasteiger partial charge on any atom is -0.467 e. The monoisotopic (exact) mass is 405 g/mol. The van der Waals surface area contributed by atoms with Crippen LogP contribution in [0.2, 0.25) is 0 Å². The first-order chi connectivity index (χ1) is 14.2. The first kappa shape index (κ1) is 18.9. The van der Waals surface area contributed by atoms with Crippen molar-refractivity contribution in [1.29, 1.82) is 0 Å². The first-order valence-corrected chi connectivity index (χ1v) is 10.0. The Morgan fingerprint density at radius 1 is 1.10 bits per heavy atom. The van der Waals surface area contributed by atoms with Crippen molar-refractivity contribution in [3.05, 3.63) is 78.5 Å². The van der Waals surface area contributed by atoms with Crippen molar-refractivity contribution in [2.45, 2.75) is 18.6 Å². The zero-order valence-electron chi connectivity index (χ0n) is 15.8. The van der Waals surface area contributed by atoms with Crippen LogP contribution in [0.25, 0.3) is 11.4 Å². The number of carbonyl (C=O) groups is 1. The first-order valence-electron chi connectivity index (χ1n) is 9.04. The van der Waals surface area contributed by atoms with Gasteiger partial charge in [-0.2, -0.15) is 0 Å². The van der Waals surface area contributed by atoms with E-state index in [2.05, 4.69) is 20.5 Å². The van der Waals surface area contributed by atoms with Crippen molar-refractivity contribution in [2.75, 3.05) is 11.1 Å². The Labute approximate surface area is 172 Å². The fraction of sp³-hybridized carbons (Fsp3) is 0.143. The van der Waals surface area contributed by atoms with Gasteiger partial charge in [-0.3, -0.25) is 14.3 Å². The molecule has 4 rings (SSSR count). The Morgan fingerprint density at radius 2 is 1.90 bits per heavy atom. The molecule has 0 saturated carbocycles. The molecule has 0 unspecified atom stereocenters. The molecule has 0 radical (unpaired) electrons. The molecule has 0 aliphatic carbocycles. The minimum absolute atomic E-state index is 0.100. The number of amides is 1. The number of aryl methyl sites for hydroxylation is 1. The van der Waals surface area contributed by atoms with E-state index in [1.165, 1.54) is 11.8 Å². The lowest BCUT2D eigenvalue weighted by atomic mass is 10.2. The molecule has 3 heterocycles. The summed E-state index contributed by atoms with van der Waals surface area (Å²) >= 11 is 1.33. The highest BCUT2D eigenvalue weighted by atomic mass is 32.2. The number of carbonyl (C=O) groups excluding carboxylic acids is 1. The van der Waals surface area contributed by atoms with Gasteiger partial charge < -0.3 is 9.73 Å². The Hall–Kier alpha value is -3.39. The summed E-state index contributed by atoms with van der Waals surface area (Å²) in [7, 11) is 0.